The molecule has 0 heterocycles. The van der Waals surface area contributed by atoms with E-state index in [1.807, 2.05) is 0 Å². The van der Waals surface area contributed by atoms with Crippen molar-refractivity contribution >= 4 is 35.6 Å². The van der Waals surface area contributed by atoms with Gasteiger partial charge < -0.3 is 34.5 Å². The summed E-state index contributed by atoms with van der Waals surface area (Å²) in [6.45, 7) is 7.83. The van der Waals surface area contributed by atoms with E-state index in [-0.39, 0.29) is 18.8 Å². The number of aliphatic carboxylic acids is 1. The summed E-state index contributed by atoms with van der Waals surface area (Å²) in [7, 11) is 1.11. The van der Waals surface area contributed by atoms with E-state index in [9.17, 15) is 39.0 Å². The first-order valence-corrected chi connectivity index (χ1v) is 19.1. The molecule has 306 valence electrons. The molecule has 1 rings (SSSR count). The fraction of sp³-hybridized carbons (Fsp3) is 0.619. The van der Waals surface area contributed by atoms with Crippen LogP contribution < -0.4 is 10.1 Å². The van der Waals surface area contributed by atoms with Crippen LogP contribution in [0.2, 0.25) is 0 Å². The number of carbonyl (C=O) groups excluding carboxylic acids is 5. The standard InChI is InChI=1S/C42H61NO12/c1-7-9-11-14-17-20-32(44)21-18-15-12-13-16-19-22-34(42(51,29-36(45)46)40(50)55-41(3,4)5)38(48)43-35(39(49)54-30-37(47)52-6)28-31-23-25-33(26-24-31)53-27-10-8-2/h19,22-26,34-35,51H,7,9,11-18,20-21,27-30H2,1-6H3,(H,43,48)(H,45,46)/b22-19+/t34-,35+,42?/m1/s1. The van der Waals surface area contributed by atoms with Crippen LogP contribution in [0, 0.1) is 17.8 Å². The number of rotatable bonds is 27. The van der Waals surface area contributed by atoms with Crippen molar-refractivity contribution in [3.05, 3.63) is 42.0 Å². The Morgan fingerprint density at radius 2 is 1.53 bits per heavy atom. The molecule has 0 aliphatic carbocycles. The predicted octanol–water partition coefficient (Wildman–Crippen LogP) is 5.82. The van der Waals surface area contributed by atoms with Gasteiger partial charge in [-0.2, -0.15) is 0 Å². The van der Waals surface area contributed by atoms with Gasteiger partial charge in [0, 0.05) is 19.3 Å². The molecule has 0 aliphatic rings. The van der Waals surface area contributed by atoms with Crippen molar-refractivity contribution in [1.29, 1.82) is 0 Å². The molecule has 1 amide bonds. The lowest BCUT2D eigenvalue weighted by atomic mass is 9.82. The van der Waals surface area contributed by atoms with Crippen LogP contribution in [0.25, 0.3) is 0 Å². The van der Waals surface area contributed by atoms with Crippen LogP contribution >= 0.6 is 0 Å². The number of aliphatic hydroxyl groups is 1. The van der Waals surface area contributed by atoms with E-state index in [2.05, 4.69) is 28.8 Å². The molecule has 0 saturated carbocycles. The smallest absolute Gasteiger partial charge is 0.344 e. The van der Waals surface area contributed by atoms with Gasteiger partial charge in [0.25, 0.3) is 0 Å². The molecule has 3 atom stereocenters. The van der Waals surface area contributed by atoms with Crippen LogP contribution in [0.4, 0.5) is 0 Å². The van der Waals surface area contributed by atoms with Crippen molar-refractivity contribution in [2.45, 2.75) is 142 Å². The zero-order chi connectivity index (χ0) is 41.3. The zero-order valence-electron chi connectivity index (χ0n) is 33.4. The second kappa shape index (κ2) is 26.2. The van der Waals surface area contributed by atoms with Crippen LogP contribution in [0.1, 0.15) is 124 Å². The first kappa shape index (κ1) is 48.3. The van der Waals surface area contributed by atoms with Crippen molar-refractivity contribution in [2.75, 3.05) is 20.3 Å². The number of ether oxygens (including phenoxy) is 4. The number of methoxy groups -OCH3 is 1. The Labute approximate surface area is 325 Å². The molecule has 1 aromatic carbocycles. The predicted molar refractivity (Wildman–Crippen MR) is 206 cm³/mol. The highest BCUT2D eigenvalue weighted by Crippen LogP contribution is 2.29. The van der Waals surface area contributed by atoms with Gasteiger partial charge in [0.05, 0.1) is 19.4 Å². The second-order valence-corrected chi connectivity index (χ2v) is 14.4. The molecule has 0 radical (unpaired) electrons. The van der Waals surface area contributed by atoms with Crippen LogP contribution in [0.15, 0.2) is 36.4 Å². The van der Waals surface area contributed by atoms with E-state index in [0.717, 1.165) is 52.1 Å². The summed E-state index contributed by atoms with van der Waals surface area (Å²) in [5.41, 5.74) is -3.48. The van der Waals surface area contributed by atoms with Crippen LogP contribution in [-0.4, -0.2) is 83.3 Å². The first-order chi connectivity index (χ1) is 26.1. The summed E-state index contributed by atoms with van der Waals surface area (Å²) in [6, 6.07) is 5.12. The Kier molecular flexibility index (Phi) is 23.0. The lowest BCUT2D eigenvalue weighted by molar-refractivity contribution is -0.187. The van der Waals surface area contributed by atoms with Gasteiger partial charge in [-0.25, -0.2) is 14.4 Å². The average molecular weight is 772 g/mol. The van der Waals surface area contributed by atoms with E-state index in [0.29, 0.717) is 37.0 Å². The number of carboxylic acids is 1. The number of allylic oxidation sites excluding steroid dienone is 1. The number of carboxylic acid groups (broad SMARTS) is 1. The quantitative estimate of drug-likeness (QED) is 0.0320. The Morgan fingerprint density at radius 1 is 0.909 bits per heavy atom. The number of hydrogen-bond acceptors (Lipinski definition) is 11. The fourth-order valence-electron chi connectivity index (χ4n) is 5.48. The molecule has 0 bridgehead atoms. The number of esters is 3. The summed E-state index contributed by atoms with van der Waals surface area (Å²) < 4.78 is 20.6. The minimum Gasteiger partial charge on any atom is -0.481 e. The summed E-state index contributed by atoms with van der Waals surface area (Å²) in [5, 5.41) is 24.0. The molecule has 13 heteroatoms. The van der Waals surface area contributed by atoms with Crippen molar-refractivity contribution in [3.8, 4) is 17.6 Å². The third-order valence-corrected chi connectivity index (χ3v) is 8.45. The molecule has 13 nitrogen and oxygen atoms in total. The van der Waals surface area contributed by atoms with E-state index in [1.165, 1.54) is 33.3 Å². The Morgan fingerprint density at radius 3 is 2.09 bits per heavy atom. The highest BCUT2D eigenvalue weighted by atomic mass is 16.6. The van der Waals surface area contributed by atoms with Gasteiger partial charge in [-0.1, -0.05) is 75.7 Å². The maximum absolute atomic E-state index is 14.1. The Bertz CT molecular complexity index is 1470. The van der Waals surface area contributed by atoms with Gasteiger partial charge >= 0.3 is 23.9 Å². The number of unbranched alkanes of at least 4 members (excludes halogenated alkanes) is 8. The van der Waals surface area contributed by atoms with E-state index >= 15 is 0 Å². The minimum atomic E-state index is -2.88. The van der Waals surface area contributed by atoms with Crippen molar-refractivity contribution < 1.29 is 57.9 Å². The Hall–Kier alpha value is -4.70. The van der Waals surface area contributed by atoms with Crippen molar-refractivity contribution in [1.82, 2.24) is 5.32 Å². The summed E-state index contributed by atoms with van der Waals surface area (Å²) in [4.78, 5) is 76.7. The highest BCUT2D eigenvalue weighted by Gasteiger charge is 2.51. The molecular formula is C42H61NO12. The molecule has 0 aliphatic heterocycles. The van der Waals surface area contributed by atoms with Crippen LogP contribution in [-0.2, 0) is 49.4 Å². The molecule has 0 spiro atoms. The average Bonchev–Trinajstić information content (AvgIpc) is 3.12. The molecule has 1 aromatic rings. The molecule has 0 fully saturated rings. The number of carbonyl (C=O) groups is 6. The summed E-state index contributed by atoms with van der Waals surface area (Å²) in [5.74, 6) is -1.38. The Balaban J connectivity index is 3.25. The molecule has 0 saturated heterocycles. The molecule has 55 heavy (non-hydrogen) atoms. The van der Waals surface area contributed by atoms with E-state index in [4.69, 9.17) is 14.2 Å². The lowest BCUT2D eigenvalue weighted by Crippen LogP contribution is -2.57. The second-order valence-electron chi connectivity index (χ2n) is 14.4. The third-order valence-electron chi connectivity index (χ3n) is 8.45. The van der Waals surface area contributed by atoms with Crippen LogP contribution in [0.5, 0.6) is 5.75 Å². The number of Topliss-reactive ketones (excluding diaryl/α,β-unsaturated/α-hetero) is 1. The van der Waals surface area contributed by atoms with Gasteiger partial charge in [-0.3, -0.25) is 14.4 Å². The maximum atomic E-state index is 14.1. The lowest BCUT2D eigenvalue weighted by Gasteiger charge is -2.34. The van der Waals surface area contributed by atoms with Gasteiger partial charge in [-0.15, -0.1) is 5.92 Å². The summed E-state index contributed by atoms with van der Waals surface area (Å²) in [6.07, 6.45) is 11.5. The number of benzene rings is 1. The third kappa shape index (κ3) is 20.5. The molecule has 0 aromatic heterocycles. The zero-order valence-corrected chi connectivity index (χ0v) is 33.4. The van der Waals surface area contributed by atoms with Crippen molar-refractivity contribution in [3.63, 3.8) is 0 Å². The number of hydrogen-bond donors (Lipinski definition) is 3. The van der Waals surface area contributed by atoms with E-state index < -0.39 is 66.0 Å². The summed E-state index contributed by atoms with van der Waals surface area (Å²) >= 11 is 0. The number of nitrogens with one attached hydrogen (secondary N) is 1. The first-order valence-electron chi connectivity index (χ1n) is 19.1. The monoisotopic (exact) mass is 771 g/mol. The SMILES string of the molecule is CC#CCOc1ccc(C[C@H](NC(=O)[C@@H](/C=C/CCCCCCC(=O)CCCCCCC)C(O)(CC(=O)O)C(=O)OC(C)(C)C)C(=O)OCC(=O)OC)cc1. The molecule has 1 unspecified atom stereocenters. The van der Waals surface area contributed by atoms with Crippen molar-refractivity contribution in [2.24, 2.45) is 5.92 Å². The topological polar surface area (TPSA) is 192 Å². The highest BCUT2D eigenvalue weighted by molar-refractivity contribution is 5.95. The van der Waals surface area contributed by atoms with Gasteiger partial charge in [0.15, 0.2) is 12.2 Å². The molecular weight excluding hydrogens is 710 g/mol. The minimum absolute atomic E-state index is 0.150. The molecule has 3 N–H and O–H groups in total. The normalized spacial score (nSPS) is 13.4. The van der Waals surface area contributed by atoms with Gasteiger partial charge in [0.1, 0.15) is 29.8 Å². The fourth-order valence-corrected chi connectivity index (χ4v) is 5.48. The largest absolute Gasteiger partial charge is 0.481 e. The van der Waals surface area contributed by atoms with E-state index in [1.54, 1.807) is 37.3 Å². The maximum Gasteiger partial charge on any atom is 0.344 e. The number of ketones is 1. The number of amides is 1. The van der Waals surface area contributed by atoms with Gasteiger partial charge in [-0.05, 0) is 71.1 Å². The van der Waals surface area contributed by atoms with Crippen LogP contribution in [0.3, 0.4) is 0 Å². The van der Waals surface area contributed by atoms with Gasteiger partial charge in [0.2, 0.25) is 5.91 Å².